The fourth-order valence-corrected chi connectivity index (χ4v) is 3.83. The van der Waals surface area contributed by atoms with Crippen LogP contribution >= 0.6 is 0 Å². The number of nitrogens with two attached hydrogens (primary N) is 1. The Morgan fingerprint density at radius 2 is 1.96 bits per heavy atom. The lowest BCUT2D eigenvalue weighted by atomic mass is 9.68. The third kappa shape index (κ3) is 1.77. The highest BCUT2D eigenvalue weighted by Crippen LogP contribution is 2.55. The van der Waals surface area contributed by atoms with Crippen LogP contribution in [0.2, 0.25) is 0 Å². The number of ether oxygens (including phenoxy) is 1. The molecule has 3 aromatic rings. The number of para-hydroxylation sites is 1. The van der Waals surface area contributed by atoms with E-state index in [1.165, 1.54) is 0 Å². The molecule has 0 unspecified atom stereocenters. The van der Waals surface area contributed by atoms with E-state index in [-0.39, 0.29) is 23.2 Å². The average Bonchev–Trinajstić information content (AvgIpc) is 3.23. The Balaban J connectivity index is 1.92. The van der Waals surface area contributed by atoms with Gasteiger partial charge in [0.2, 0.25) is 17.7 Å². The highest BCUT2D eigenvalue weighted by Gasteiger charge is 2.58. The third-order valence-corrected chi connectivity index (χ3v) is 4.94. The molecule has 1 amide bonds. The molecule has 2 aromatic heterocycles. The second-order valence-electron chi connectivity index (χ2n) is 6.22. The highest BCUT2D eigenvalue weighted by molar-refractivity contribution is 6.13. The van der Waals surface area contributed by atoms with E-state index in [1.807, 2.05) is 12.1 Å². The van der Waals surface area contributed by atoms with Gasteiger partial charge in [-0.2, -0.15) is 5.26 Å². The number of anilines is 1. The molecule has 0 aliphatic carbocycles. The predicted octanol–water partition coefficient (Wildman–Crippen LogP) is 1.80. The first-order chi connectivity index (χ1) is 13.2. The molecule has 4 N–H and O–H groups in total. The van der Waals surface area contributed by atoms with Gasteiger partial charge in [-0.15, -0.1) is 5.10 Å². The summed E-state index contributed by atoms with van der Waals surface area (Å²) in [4.78, 5) is 17.3. The van der Waals surface area contributed by atoms with E-state index in [4.69, 9.17) is 10.5 Å². The monoisotopic (exact) mass is 356 g/mol. The van der Waals surface area contributed by atoms with Gasteiger partial charge >= 0.3 is 0 Å². The van der Waals surface area contributed by atoms with Crippen molar-refractivity contribution in [3.05, 3.63) is 71.4 Å². The maximum Gasteiger partial charge on any atom is 0.245 e. The van der Waals surface area contributed by atoms with Crippen molar-refractivity contribution in [2.24, 2.45) is 5.73 Å². The lowest BCUT2D eigenvalue weighted by Gasteiger charge is -2.31. The Kier molecular flexibility index (Phi) is 2.91. The van der Waals surface area contributed by atoms with E-state index in [0.717, 1.165) is 5.56 Å². The van der Waals surface area contributed by atoms with Crippen LogP contribution in [-0.4, -0.2) is 21.1 Å². The maximum atomic E-state index is 13.3. The van der Waals surface area contributed by atoms with E-state index < -0.39 is 5.41 Å². The van der Waals surface area contributed by atoms with Crippen molar-refractivity contribution >= 4 is 11.6 Å². The number of H-pyrrole nitrogens is 1. The summed E-state index contributed by atoms with van der Waals surface area (Å²) in [5.74, 6) is -0.334. The summed E-state index contributed by atoms with van der Waals surface area (Å²) in [5, 5.41) is 19.9. The quantitative estimate of drug-likeness (QED) is 0.609. The summed E-state index contributed by atoms with van der Waals surface area (Å²) in [5.41, 5.74) is 7.67. The zero-order valence-corrected chi connectivity index (χ0v) is 13.9. The normalized spacial score (nSPS) is 19.9. The number of fused-ring (bicyclic) bond motifs is 4. The number of rotatable bonds is 1. The summed E-state index contributed by atoms with van der Waals surface area (Å²) < 4.78 is 5.58. The van der Waals surface area contributed by atoms with Crippen molar-refractivity contribution in [2.45, 2.75) is 5.41 Å². The van der Waals surface area contributed by atoms with Crippen LogP contribution in [0.25, 0.3) is 11.3 Å². The number of nitriles is 1. The molecule has 1 spiro atoms. The lowest BCUT2D eigenvalue weighted by Crippen LogP contribution is -2.42. The van der Waals surface area contributed by atoms with Crippen molar-refractivity contribution < 1.29 is 9.53 Å². The number of carbonyl (C=O) groups excluding carboxylic acids is 1. The molecule has 0 radical (unpaired) electrons. The second kappa shape index (κ2) is 5.19. The number of aromatic amines is 1. The Labute approximate surface area is 153 Å². The Bertz CT molecular complexity index is 1170. The average molecular weight is 356 g/mol. The molecule has 1 atom stereocenters. The molecule has 0 saturated carbocycles. The maximum absolute atomic E-state index is 13.3. The molecule has 0 bridgehead atoms. The smallest absolute Gasteiger partial charge is 0.245 e. The molecule has 27 heavy (non-hydrogen) atoms. The predicted molar refractivity (Wildman–Crippen MR) is 95.1 cm³/mol. The molecule has 8 heteroatoms. The van der Waals surface area contributed by atoms with Gasteiger partial charge in [0.1, 0.15) is 17.1 Å². The van der Waals surface area contributed by atoms with Crippen molar-refractivity contribution in [3.63, 3.8) is 0 Å². The van der Waals surface area contributed by atoms with Crippen LogP contribution in [0.4, 0.5) is 5.69 Å². The second-order valence-corrected chi connectivity index (χ2v) is 6.22. The number of pyridine rings is 1. The zero-order valence-electron chi connectivity index (χ0n) is 13.9. The SMILES string of the molecule is N#CC1=C(N)Oc2n[nH]c(-c3ccncc3)c2[C@@]12C(=O)Nc1ccccc12. The molecule has 130 valence electrons. The molecule has 1 aromatic carbocycles. The molecule has 2 aliphatic rings. The minimum absolute atomic E-state index is 0.0363. The van der Waals surface area contributed by atoms with Crippen LogP contribution < -0.4 is 15.8 Å². The van der Waals surface area contributed by atoms with Gasteiger partial charge in [-0.25, -0.2) is 0 Å². The first kappa shape index (κ1) is 15.2. The minimum Gasteiger partial charge on any atom is -0.420 e. The van der Waals surface area contributed by atoms with Gasteiger partial charge in [-0.05, 0) is 18.2 Å². The van der Waals surface area contributed by atoms with Gasteiger partial charge in [-0.3, -0.25) is 14.9 Å². The van der Waals surface area contributed by atoms with E-state index in [9.17, 15) is 10.1 Å². The molecule has 4 heterocycles. The molecule has 0 fully saturated rings. The van der Waals surface area contributed by atoms with E-state index >= 15 is 0 Å². The van der Waals surface area contributed by atoms with Crippen molar-refractivity contribution in [3.8, 4) is 23.2 Å². The number of hydrogen-bond donors (Lipinski definition) is 3. The van der Waals surface area contributed by atoms with Gasteiger partial charge in [0.05, 0.1) is 11.3 Å². The first-order valence-electron chi connectivity index (χ1n) is 8.16. The largest absolute Gasteiger partial charge is 0.420 e. The molecule has 5 rings (SSSR count). The van der Waals surface area contributed by atoms with Gasteiger partial charge in [-0.1, -0.05) is 18.2 Å². The third-order valence-electron chi connectivity index (χ3n) is 4.94. The van der Waals surface area contributed by atoms with Crippen molar-refractivity contribution in [2.75, 3.05) is 5.32 Å². The first-order valence-corrected chi connectivity index (χ1v) is 8.16. The number of nitrogens with zero attached hydrogens (tertiary/aromatic N) is 3. The van der Waals surface area contributed by atoms with Gasteiger partial charge in [0.15, 0.2) is 0 Å². The minimum atomic E-state index is -1.44. The fourth-order valence-electron chi connectivity index (χ4n) is 3.83. The van der Waals surface area contributed by atoms with E-state index in [1.54, 1.807) is 36.7 Å². The summed E-state index contributed by atoms with van der Waals surface area (Å²) in [6.07, 6.45) is 3.27. The summed E-state index contributed by atoms with van der Waals surface area (Å²) in [7, 11) is 0. The van der Waals surface area contributed by atoms with Crippen molar-refractivity contribution in [1.82, 2.24) is 15.2 Å². The zero-order chi connectivity index (χ0) is 18.6. The number of carbonyl (C=O) groups is 1. The number of aromatic nitrogens is 3. The summed E-state index contributed by atoms with van der Waals surface area (Å²) in [6.45, 7) is 0. The number of amides is 1. The number of hydrogen-bond acceptors (Lipinski definition) is 6. The van der Waals surface area contributed by atoms with E-state index in [2.05, 4.69) is 26.6 Å². The fraction of sp³-hybridized carbons (Fsp3) is 0.0526. The van der Waals surface area contributed by atoms with Crippen LogP contribution in [-0.2, 0) is 10.2 Å². The van der Waals surface area contributed by atoms with Crippen LogP contribution in [0.15, 0.2) is 60.2 Å². The van der Waals surface area contributed by atoms with Crippen LogP contribution in [0.5, 0.6) is 5.88 Å². The van der Waals surface area contributed by atoms with Gasteiger partial charge in [0, 0.05) is 29.2 Å². The van der Waals surface area contributed by atoms with Gasteiger partial charge < -0.3 is 15.8 Å². The summed E-state index contributed by atoms with van der Waals surface area (Å²) in [6, 6.07) is 12.9. The molecule has 2 aliphatic heterocycles. The van der Waals surface area contributed by atoms with Crippen LogP contribution in [0.3, 0.4) is 0 Å². The van der Waals surface area contributed by atoms with Gasteiger partial charge in [0.25, 0.3) is 0 Å². The molecule has 8 nitrogen and oxygen atoms in total. The van der Waals surface area contributed by atoms with Crippen LogP contribution in [0.1, 0.15) is 11.1 Å². The number of nitrogens with one attached hydrogen (secondary N) is 2. The Morgan fingerprint density at radius 3 is 2.74 bits per heavy atom. The molecular weight excluding hydrogens is 344 g/mol. The Morgan fingerprint density at radius 1 is 1.19 bits per heavy atom. The standard InChI is InChI=1S/C19H12N6O2/c20-9-12-16(21)27-17-14(15(24-25-17)10-5-7-22-8-6-10)19(12)11-3-1-2-4-13(11)23-18(19)26/h1-8H,21H2,(H,23,26)(H,24,25)/t19-/m0/s1. The van der Waals surface area contributed by atoms with Crippen molar-refractivity contribution in [1.29, 1.82) is 5.26 Å². The van der Waals surface area contributed by atoms with E-state index in [0.29, 0.717) is 22.5 Å². The highest BCUT2D eigenvalue weighted by atomic mass is 16.5. The molecule has 0 saturated heterocycles. The lowest BCUT2D eigenvalue weighted by molar-refractivity contribution is -0.118. The topological polar surface area (TPSA) is 130 Å². The summed E-state index contributed by atoms with van der Waals surface area (Å²) >= 11 is 0. The molecular formula is C19H12N6O2. The number of benzene rings is 1. The Hall–Kier alpha value is -4.12. The van der Waals surface area contributed by atoms with Crippen LogP contribution in [0, 0.1) is 11.3 Å².